The lowest BCUT2D eigenvalue weighted by atomic mass is 9.68. The van der Waals surface area contributed by atoms with Crippen LogP contribution in [-0.2, 0) is 5.41 Å². The van der Waals surface area contributed by atoms with Crippen LogP contribution in [0.2, 0.25) is 0 Å². The summed E-state index contributed by atoms with van der Waals surface area (Å²) in [6.45, 7) is 0. The summed E-state index contributed by atoms with van der Waals surface area (Å²) < 4.78 is 2.49. The lowest BCUT2D eigenvalue weighted by molar-refractivity contribution is 0.768. The van der Waals surface area contributed by atoms with Gasteiger partial charge in [0.15, 0.2) is 0 Å². The van der Waals surface area contributed by atoms with E-state index in [9.17, 15) is 0 Å². The Labute approximate surface area is 438 Å². The Balaban J connectivity index is 0.942. The van der Waals surface area contributed by atoms with Crippen LogP contribution in [0.4, 0.5) is 17.1 Å². The van der Waals surface area contributed by atoms with Crippen molar-refractivity contribution < 1.29 is 0 Å². The van der Waals surface area contributed by atoms with Crippen LogP contribution in [0.1, 0.15) is 22.3 Å². The first kappa shape index (κ1) is 44.0. The molecule has 0 atom stereocenters. The number of anilines is 3. The predicted octanol–water partition coefficient (Wildman–Crippen LogP) is 19.3. The number of aromatic nitrogens is 1. The predicted molar refractivity (Wildman–Crippen MR) is 315 cm³/mol. The molecule has 0 radical (unpaired) electrons. The maximum absolute atomic E-state index is 2.49. The molecule has 0 spiro atoms. The van der Waals surface area contributed by atoms with Gasteiger partial charge in [-0.25, -0.2) is 0 Å². The van der Waals surface area contributed by atoms with Gasteiger partial charge in [-0.3, -0.25) is 0 Å². The number of fused-ring (bicyclic) bond motifs is 6. The Kier molecular flexibility index (Phi) is 10.8. The number of hydrogen-bond acceptors (Lipinski definition) is 1. The standard InChI is InChI=1S/C73H50N2/c1-5-23-51(24-6-1)53-27-21-33-58(47-53)74(59-34-22-28-54(48-59)52-25-7-2-8-26-52)70-41-19-16-38-64(70)62-36-14-13-35-61(62)55-43-45-66-65-39-17-20-42-71(65)75(72(66)49-55)60-44-46-69-67(50-60)63-37-15-18-40-68(63)73(69,56-29-9-3-10-30-56)57-31-11-4-12-32-57/h1-50H. The van der Waals surface area contributed by atoms with Crippen LogP contribution in [0.5, 0.6) is 0 Å². The third kappa shape index (κ3) is 7.33. The Morgan fingerprint density at radius 2 is 0.760 bits per heavy atom. The highest BCUT2D eigenvalue weighted by Crippen LogP contribution is 2.57. The van der Waals surface area contributed by atoms with Crippen molar-refractivity contribution in [2.24, 2.45) is 0 Å². The molecule has 2 heteroatoms. The molecule has 0 saturated heterocycles. The first-order valence-corrected chi connectivity index (χ1v) is 25.9. The van der Waals surface area contributed by atoms with Gasteiger partial charge < -0.3 is 9.47 Å². The van der Waals surface area contributed by atoms with E-state index in [-0.39, 0.29) is 0 Å². The van der Waals surface area contributed by atoms with Gasteiger partial charge in [0.05, 0.1) is 22.1 Å². The molecule has 0 fully saturated rings. The second-order valence-corrected chi connectivity index (χ2v) is 19.6. The summed E-state index contributed by atoms with van der Waals surface area (Å²) in [5.41, 5.74) is 23.2. The number of benzene rings is 12. The highest BCUT2D eigenvalue weighted by Gasteiger charge is 2.46. The van der Waals surface area contributed by atoms with Crippen molar-refractivity contribution in [2.75, 3.05) is 4.90 Å². The van der Waals surface area contributed by atoms with Gasteiger partial charge in [0, 0.05) is 33.4 Å². The summed E-state index contributed by atoms with van der Waals surface area (Å²) in [4.78, 5) is 2.43. The van der Waals surface area contributed by atoms with Gasteiger partial charge >= 0.3 is 0 Å². The molecule has 1 aliphatic carbocycles. The zero-order chi connectivity index (χ0) is 49.7. The molecule has 14 rings (SSSR count). The lowest BCUT2D eigenvalue weighted by Crippen LogP contribution is -2.28. The van der Waals surface area contributed by atoms with Crippen molar-refractivity contribution in [1.29, 1.82) is 0 Å². The minimum Gasteiger partial charge on any atom is -0.310 e. The molecule has 352 valence electrons. The third-order valence-corrected chi connectivity index (χ3v) is 15.5. The molecule has 0 bridgehead atoms. The van der Waals surface area contributed by atoms with E-state index in [2.05, 4.69) is 313 Å². The second kappa shape index (κ2) is 18.4. The van der Waals surface area contributed by atoms with E-state index in [1.165, 1.54) is 60.8 Å². The van der Waals surface area contributed by atoms with E-state index in [1.54, 1.807) is 0 Å². The van der Waals surface area contributed by atoms with E-state index in [1.807, 2.05) is 0 Å². The molecule has 0 saturated carbocycles. The molecule has 13 aromatic rings. The SMILES string of the molecule is c1ccc(-c2cccc(N(c3cccc(-c4ccccc4)c3)c3ccccc3-c3ccccc3-c3ccc4c5ccccc5n(-c5ccc6c(c5)-c5ccccc5C6(c5ccccc5)c5ccccc5)c4c3)c2)cc1. The summed E-state index contributed by atoms with van der Waals surface area (Å²) >= 11 is 0. The fourth-order valence-corrected chi connectivity index (χ4v) is 12.2. The van der Waals surface area contributed by atoms with E-state index < -0.39 is 5.41 Å². The normalized spacial score (nSPS) is 12.4. The van der Waals surface area contributed by atoms with Gasteiger partial charge in [-0.2, -0.15) is 0 Å². The van der Waals surface area contributed by atoms with Crippen molar-refractivity contribution in [3.05, 3.63) is 326 Å². The molecule has 12 aromatic carbocycles. The van der Waals surface area contributed by atoms with Crippen LogP contribution in [0.15, 0.2) is 303 Å². The summed E-state index contributed by atoms with van der Waals surface area (Å²) in [7, 11) is 0. The lowest BCUT2D eigenvalue weighted by Gasteiger charge is -2.33. The van der Waals surface area contributed by atoms with Gasteiger partial charge in [0.1, 0.15) is 0 Å². The maximum atomic E-state index is 2.49. The fourth-order valence-electron chi connectivity index (χ4n) is 12.2. The van der Waals surface area contributed by atoms with Crippen LogP contribution >= 0.6 is 0 Å². The van der Waals surface area contributed by atoms with Crippen LogP contribution in [0.3, 0.4) is 0 Å². The summed E-state index contributed by atoms with van der Waals surface area (Å²) in [6, 6.07) is 111. The number of nitrogens with zero attached hydrogens (tertiary/aromatic N) is 2. The van der Waals surface area contributed by atoms with Gasteiger partial charge in [-0.05, 0) is 127 Å². The Hall–Kier alpha value is -9.76. The second-order valence-electron chi connectivity index (χ2n) is 19.6. The largest absolute Gasteiger partial charge is 0.310 e. The topological polar surface area (TPSA) is 8.17 Å². The molecule has 0 amide bonds. The number of para-hydroxylation sites is 2. The van der Waals surface area contributed by atoms with Crippen molar-refractivity contribution >= 4 is 38.9 Å². The summed E-state index contributed by atoms with van der Waals surface area (Å²) in [5, 5.41) is 2.45. The van der Waals surface area contributed by atoms with Crippen molar-refractivity contribution in [3.8, 4) is 61.3 Å². The van der Waals surface area contributed by atoms with Crippen LogP contribution in [-0.4, -0.2) is 4.57 Å². The minimum atomic E-state index is -0.466. The monoisotopic (exact) mass is 954 g/mol. The Bertz CT molecular complexity index is 4110. The molecular formula is C73H50N2. The Morgan fingerprint density at radius 1 is 0.267 bits per heavy atom. The summed E-state index contributed by atoms with van der Waals surface area (Å²) in [6.07, 6.45) is 0. The molecule has 0 aliphatic heterocycles. The molecule has 2 nitrogen and oxygen atoms in total. The van der Waals surface area contributed by atoms with Crippen molar-refractivity contribution in [1.82, 2.24) is 4.57 Å². The first-order chi connectivity index (χ1) is 37.2. The molecule has 1 heterocycles. The smallest absolute Gasteiger partial charge is 0.0713 e. The average molecular weight is 955 g/mol. The van der Waals surface area contributed by atoms with Gasteiger partial charge in [-0.1, -0.05) is 249 Å². The van der Waals surface area contributed by atoms with E-state index in [0.29, 0.717) is 0 Å². The number of hydrogen-bond donors (Lipinski definition) is 0. The van der Waals surface area contributed by atoms with Gasteiger partial charge in [0.2, 0.25) is 0 Å². The van der Waals surface area contributed by atoms with Crippen LogP contribution in [0, 0.1) is 0 Å². The zero-order valence-corrected chi connectivity index (χ0v) is 41.3. The van der Waals surface area contributed by atoms with Crippen LogP contribution < -0.4 is 4.90 Å². The highest BCUT2D eigenvalue weighted by atomic mass is 15.1. The van der Waals surface area contributed by atoms with E-state index in [0.717, 1.165) is 61.6 Å². The van der Waals surface area contributed by atoms with Crippen LogP contribution in [0.25, 0.3) is 83.1 Å². The fraction of sp³-hybridized carbons (Fsp3) is 0.0137. The molecule has 1 aromatic heterocycles. The average Bonchev–Trinajstić information content (AvgIpc) is 4.12. The Morgan fingerprint density at radius 3 is 1.41 bits per heavy atom. The van der Waals surface area contributed by atoms with Gasteiger partial charge in [-0.15, -0.1) is 0 Å². The summed E-state index contributed by atoms with van der Waals surface area (Å²) in [5.74, 6) is 0. The highest BCUT2D eigenvalue weighted by molar-refractivity contribution is 6.11. The van der Waals surface area contributed by atoms with E-state index in [4.69, 9.17) is 0 Å². The minimum absolute atomic E-state index is 0.466. The van der Waals surface area contributed by atoms with Gasteiger partial charge in [0.25, 0.3) is 0 Å². The molecule has 1 aliphatic rings. The van der Waals surface area contributed by atoms with Crippen molar-refractivity contribution in [2.45, 2.75) is 5.41 Å². The van der Waals surface area contributed by atoms with E-state index >= 15 is 0 Å². The quantitative estimate of drug-likeness (QED) is 0.133. The third-order valence-electron chi connectivity index (χ3n) is 15.5. The maximum Gasteiger partial charge on any atom is 0.0713 e. The molecular weight excluding hydrogens is 905 g/mol. The number of rotatable bonds is 10. The molecule has 0 unspecified atom stereocenters. The zero-order valence-electron chi connectivity index (χ0n) is 41.3. The first-order valence-electron chi connectivity index (χ1n) is 25.9. The molecule has 0 N–H and O–H groups in total. The molecule has 75 heavy (non-hydrogen) atoms. The van der Waals surface area contributed by atoms with Crippen molar-refractivity contribution in [3.63, 3.8) is 0 Å².